The summed E-state index contributed by atoms with van der Waals surface area (Å²) in [4.78, 5) is 27.8. The molecule has 0 radical (unpaired) electrons. The molecule has 21 heavy (non-hydrogen) atoms. The van der Waals surface area contributed by atoms with Crippen LogP contribution in [0, 0.1) is 5.41 Å². The second-order valence-electron chi connectivity index (χ2n) is 5.28. The van der Waals surface area contributed by atoms with Crippen molar-refractivity contribution in [3.05, 3.63) is 42.1 Å². The number of fused-ring (bicyclic) bond motifs is 1. The predicted molar refractivity (Wildman–Crippen MR) is 80.1 cm³/mol. The van der Waals surface area contributed by atoms with Crippen LogP contribution in [0.2, 0.25) is 0 Å². The largest absolute Gasteiger partial charge is 0.481 e. The number of aliphatic carboxylic acids is 1. The first-order chi connectivity index (χ1) is 9.98. The Labute approximate surface area is 123 Å². The molecule has 2 aromatic rings. The van der Waals surface area contributed by atoms with Gasteiger partial charge in [0.05, 0.1) is 16.5 Å². The van der Waals surface area contributed by atoms with Gasteiger partial charge in [-0.15, -0.1) is 0 Å². The van der Waals surface area contributed by atoms with E-state index in [-0.39, 0.29) is 12.5 Å². The number of aromatic nitrogens is 1. The van der Waals surface area contributed by atoms with Gasteiger partial charge >= 0.3 is 5.97 Å². The van der Waals surface area contributed by atoms with Gasteiger partial charge in [0.25, 0.3) is 5.91 Å². The topological polar surface area (TPSA) is 79.3 Å². The van der Waals surface area contributed by atoms with Crippen molar-refractivity contribution < 1.29 is 14.7 Å². The van der Waals surface area contributed by atoms with Gasteiger partial charge in [-0.25, -0.2) is 0 Å². The maximum Gasteiger partial charge on any atom is 0.311 e. The van der Waals surface area contributed by atoms with E-state index in [1.54, 1.807) is 32.2 Å². The fourth-order valence-corrected chi connectivity index (χ4v) is 2.01. The molecular weight excluding hydrogens is 268 g/mol. The summed E-state index contributed by atoms with van der Waals surface area (Å²) < 4.78 is 0. The van der Waals surface area contributed by atoms with Gasteiger partial charge in [-0.05, 0) is 25.5 Å². The summed E-state index contributed by atoms with van der Waals surface area (Å²) in [5, 5.41) is 12.8. The molecule has 0 aliphatic rings. The Balaban J connectivity index is 2.22. The zero-order chi connectivity index (χ0) is 15.5. The number of carbonyl (C=O) groups is 2. The fraction of sp³-hybridized carbons (Fsp3) is 0.312. The van der Waals surface area contributed by atoms with Gasteiger partial charge in [0.1, 0.15) is 0 Å². The molecule has 0 aliphatic carbocycles. The van der Waals surface area contributed by atoms with E-state index in [4.69, 9.17) is 0 Å². The number of hydrogen-bond acceptors (Lipinski definition) is 3. The van der Waals surface area contributed by atoms with E-state index < -0.39 is 11.4 Å². The molecule has 1 aromatic carbocycles. The summed E-state index contributed by atoms with van der Waals surface area (Å²) in [6, 6.07) is 9.05. The van der Waals surface area contributed by atoms with Crippen LogP contribution in [0.4, 0.5) is 0 Å². The Bertz CT molecular complexity index is 679. The molecule has 0 fully saturated rings. The van der Waals surface area contributed by atoms with Crippen molar-refractivity contribution in [3.63, 3.8) is 0 Å². The highest BCUT2D eigenvalue weighted by Crippen LogP contribution is 2.21. The molecule has 0 spiro atoms. The molecule has 2 N–H and O–H groups in total. The Morgan fingerprint density at radius 2 is 2.00 bits per heavy atom. The zero-order valence-electron chi connectivity index (χ0n) is 12.1. The normalized spacial score (nSPS) is 13.6. The lowest BCUT2D eigenvalue weighted by molar-refractivity contribution is -0.147. The number of benzene rings is 1. The molecule has 0 aliphatic heterocycles. The lowest BCUT2D eigenvalue weighted by atomic mass is 9.87. The summed E-state index contributed by atoms with van der Waals surface area (Å²) in [6.07, 6.45) is 2.07. The van der Waals surface area contributed by atoms with Gasteiger partial charge in [-0.2, -0.15) is 0 Å². The van der Waals surface area contributed by atoms with Crippen LogP contribution in [0.3, 0.4) is 0 Å². The molecule has 0 saturated carbocycles. The van der Waals surface area contributed by atoms with Crippen molar-refractivity contribution >= 4 is 22.8 Å². The first-order valence-corrected chi connectivity index (χ1v) is 6.83. The van der Waals surface area contributed by atoms with Crippen molar-refractivity contribution in [2.45, 2.75) is 20.3 Å². The lowest BCUT2D eigenvalue weighted by Crippen LogP contribution is -2.40. The van der Waals surface area contributed by atoms with Crippen molar-refractivity contribution in [1.82, 2.24) is 10.3 Å². The molecule has 110 valence electrons. The van der Waals surface area contributed by atoms with Crippen LogP contribution >= 0.6 is 0 Å². The number of hydrogen-bond donors (Lipinski definition) is 2. The van der Waals surface area contributed by atoms with Crippen molar-refractivity contribution in [2.24, 2.45) is 5.41 Å². The molecule has 0 saturated heterocycles. The smallest absolute Gasteiger partial charge is 0.311 e. The van der Waals surface area contributed by atoms with Crippen LogP contribution in [0.15, 0.2) is 36.5 Å². The SMILES string of the molecule is CCC(C)(CNC(=O)c1cccc2cccnc12)C(=O)O. The van der Waals surface area contributed by atoms with Crippen LogP contribution in [-0.4, -0.2) is 28.5 Å². The molecule has 1 heterocycles. The van der Waals surface area contributed by atoms with E-state index in [1.165, 1.54) is 0 Å². The van der Waals surface area contributed by atoms with Crippen LogP contribution in [0.25, 0.3) is 10.9 Å². The van der Waals surface area contributed by atoms with Gasteiger partial charge in [-0.1, -0.05) is 25.1 Å². The average Bonchev–Trinajstić information content (AvgIpc) is 2.51. The lowest BCUT2D eigenvalue weighted by Gasteiger charge is -2.23. The number of nitrogens with zero attached hydrogens (tertiary/aromatic N) is 1. The Morgan fingerprint density at radius 1 is 1.29 bits per heavy atom. The van der Waals surface area contributed by atoms with Crippen LogP contribution in [0.5, 0.6) is 0 Å². The summed E-state index contributed by atoms with van der Waals surface area (Å²) in [6.45, 7) is 3.50. The maximum absolute atomic E-state index is 12.3. The van der Waals surface area contributed by atoms with E-state index in [9.17, 15) is 14.7 Å². The Kier molecular flexibility index (Phi) is 4.21. The fourth-order valence-electron chi connectivity index (χ4n) is 2.01. The van der Waals surface area contributed by atoms with Crippen molar-refractivity contribution in [3.8, 4) is 0 Å². The van der Waals surface area contributed by atoms with Gasteiger partial charge in [0.15, 0.2) is 0 Å². The number of carbonyl (C=O) groups excluding carboxylic acids is 1. The summed E-state index contributed by atoms with van der Waals surface area (Å²) in [7, 11) is 0. The second-order valence-corrected chi connectivity index (χ2v) is 5.28. The van der Waals surface area contributed by atoms with Gasteiger partial charge in [0, 0.05) is 18.1 Å². The molecular formula is C16H18N2O3. The van der Waals surface area contributed by atoms with Crippen molar-refractivity contribution in [2.75, 3.05) is 6.54 Å². The van der Waals surface area contributed by atoms with E-state index >= 15 is 0 Å². The molecule has 2 rings (SSSR count). The summed E-state index contributed by atoms with van der Waals surface area (Å²) in [5.41, 5.74) is 0.108. The minimum absolute atomic E-state index is 0.0842. The molecule has 1 amide bonds. The average molecular weight is 286 g/mol. The molecule has 0 bridgehead atoms. The molecule has 1 aromatic heterocycles. The minimum Gasteiger partial charge on any atom is -0.481 e. The number of carboxylic acid groups (broad SMARTS) is 1. The van der Waals surface area contributed by atoms with Gasteiger partial charge < -0.3 is 10.4 Å². The Morgan fingerprint density at radius 3 is 2.67 bits per heavy atom. The zero-order valence-corrected chi connectivity index (χ0v) is 12.1. The predicted octanol–water partition coefficient (Wildman–Crippen LogP) is 2.47. The molecule has 5 heteroatoms. The number of nitrogens with one attached hydrogen (secondary N) is 1. The third-order valence-electron chi connectivity index (χ3n) is 3.81. The first kappa shape index (κ1) is 15.0. The number of para-hydroxylation sites is 1. The minimum atomic E-state index is -0.965. The third-order valence-corrected chi connectivity index (χ3v) is 3.81. The highest BCUT2D eigenvalue weighted by molar-refractivity contribution is 6.05. The van der Waals surface area contributed by atoms with Crippen LogP contribution in [0.1, 0.15) is 30.6 Å². The van der Waals surface area contributed by atoms with E-state index in [1.807, 2.05) is 18.2 Å². The first-order valence-electron chi connectivity index (χ1n) is 6.83. The number of rotatable bonds is 5. The highest BCUT2D eigenvalue weighted by Gasteiger charge is 2.31. The Hall–Kier alpha value is -2.43. The number of amides is 1. The van der Waals surface area contributed by atoms with E-state index in [0.717, 1.165) is 5.39 Å². The number of pyridine rings is 1. The maximum atomic E-state index is 12.3. The molecule has 1 atom stereocenters. The monoisotopic (exact) mass is 286 g/mol. The van der Waals surface area contributed by atoms with Crippen molar-refractivity contribution in [1.29, 1.82) is 0 Å². The van der Waals surface area contributed by atoms with E-state index in [2.05, 4.69) is 10.3 Å². The van der Waals surface area contributed by atoms with Crippen LogP contribution in [-0.2, 0) is 4.79 Å². The third kappa shape index (κ3) is 3.02. The quantitative estimate of drug-likeness (QED) is 0.885. The van der Waals surface area contributed by atoms with Crippen LogP contribution < -0.4 is 5.32 Å². The standard InChI is InChI=1S/C16H18N2O3/c1-3-16(2,15(20)21)10-18-14(19)12-8-4-6-11-7-5-9-17-13(11)12/h4-9H,3,10H2,1-2H3,(H,18,19)(H,20,21). The van der Waals surface area contributed by atoms with Gasteiger partial charge in [-0.3, -0.25) is 14.6 Å². The second kappa shape index (κ2) is 5.91. The number of carboxylic acids is 1. The summed E-state index contributed by atoms with van der Waals surface area (Å²) >= 11 is 0. The molecule has 1 unspecified atom stereocenters. The van der Waals surface area contributed by atoms with E-state index in [0.29, 0.717) is 17.5 Å². The van der Waals surface area contributed by atoms with Gasteiger partial charge in [0.2, 0.25) is 0 Å². The molecule has 5 nitrogen and oxygen atoms in total. The highest BCUT2D eigenvalue weighted by atomic mass is 16.4. The summed E-state index contributed by atoms with van der Waals surface area (Å²) in [5.74, 6) is -1.22.